The summed E-state index contributed by atoms with van der Waals surface area (Å²) >= 11 is 0. The maximum Gasteiger partial charge on any atom is 0.0594 e. The summed E-state index contributed by atoms with van der Waals surface area (Å²) in [5.74, 6) is 0. The Kier molecular flexibility index (Phi) is 2.09. The molecule has 0 aliphatic carbocycles. The highest BCUT2D eigenvalue weighted by atomic mass is 33.1. The SMILES string of the molecule is OCC1C=CSS1. The van der Waals surface area contributed by atoms with Crippen LogP contribution in [0.5, 0.6) is 0 Å². The van der Waals surface area contributed by atoms with Crippen LogP contribution in [0.4, 0.5) is 0 Å². The molecular weight excluding hydrogens is 128 g/mol. The standard InChI is InChI=1S/C4H6OS2/c5-3-4-1-2-6-7-4/h1-2,4-5H,3H2. The summed E-state index contributed by atoms with van der Waals surface area (Å²) in [5, 5.41) is 10.8. The molecule has 1 heterocycles. The quantitative estimate of drug-likeness (QED) is 0.545. The lowest BCUT2D eigenvalue weighted by atomic mass is 10.4. The Labute approximate surface area is 50.6 Å². The molecule has 40 valence electrons. The zero-order valence-corrected chi connectivity index (χ0v) is 5.34. The fourth-order valence-electron chi connectivity index (χ4n) is 0.347. The van der Waals surface area contributed by atoms with Crippen LogP contribution in [0, 0.1) is 0 Å². The first-order chi connectivity index (χ1) is 3.43. The highest BCUT2D eigenvalue weighted by molar-refractivity contribution is 8.78. The van der Waals surface area contributed by atoms with E-state index >= 15 is 0 Å². The van der Waals surface area contributed by atoms with E-state index in [1.165, 1.54) is 0 Å². The molecular formula is C4H6OS2. The predicted molar refractivity (Wildman–Crippen MR) is 35.2 cm³/mol. The summed E-state index contributed by atoms with van der Waals surface area (Å²) in [6, 6.07) is 0. The average molecular weight is 134 g/mol. The van der Waals surface area contributed by atoms with Gasteiger partial charge < -0.3 is 5.11 Å². The number of hydrogen-bond donors (Lipinski definition) is 1. The largest absolute Gasteiger partial charge is 0.395 e. The van der Waals surface area contributed by atoms with Gasteiger partial charge >= 0.3 is 0 Å². The molecule has 0 amide bonds. The van der Waals surface area contributed by atoms with Gasteiger partial charge in [-0.25, -0.2) is 0 Å². The fourth-order valence-corrected chi connectivity index (χ4v) is 2.30. The predicted octanol–water partition coefficient (Wildman–Crippen LogP) is 1.26. The van der Waals surface area contributed by atoms with Crippen LogP contribution < -0.4 is 0 Å². The van der Waals surface area contributed by atoms with Crippen molar-refractivity contribution in [2.45, 2.75) is 5.25 Å². The second-order valence-corrected chi connectivity index (χ2v) is 3.66. The molecule has 0 radical (unpaired) electrons. The topological polar surface area (TPSA) is 20.2 Å². The minimum atomic E-state index is 0.272. The van der Waals surface area contributed by atoms with Crippen molar-refractivity contribution in [3.8, 4) is 0 Å². The normalized spacial score (nSPS) is 29.0. The van der Waals surface area contributed by atoms with Crippen molar-refractivity contribution in [1.29, 1.82) is 0 Å². The molecule has 3 heteroatoms. The van der Waals surface area contributed by atoms with E-state index in [-0.39, 0.29) is 6.61 Å². The monoisotopic (exact) mass is 134 g/mol. The molecule has 1 unspecified atom stereocenters. The first-order valence-electron chi connectivity index (χ1n) is 2.03. The van der Waals surface area contributed by atoms with Crippen LogP contribution in [-0.4, -0.2) is 17.0 Å². The van der Waals surface area contributed by atoms with Gasteiger partial charge in [-0.15, -0.1) is 0 Å². The molecule has 1 aliphatic rings. The average Bonchev–Trinajstić information content (AvgIpc) is 2.14. The van der Waals surface area contributed by atoms with Crippen molar-refractivity contribution in [1.82, 2.24) is 0 Å². The van der Waals surface area contributed by atoms with E-state index in [0.717, 1.165) is 0 Å². The molecule has 0 aromatic heterocycles. The van der Waals surface area contributed by atoms with Crippen LogP contribution in [0.15, 0.2) is 11.5 Å². The minimum absolute atomic E-state index is 0.272. The maximum absolute atomic E-state index is 8.48. The molecule has 0 aromatic carbocycles. The lowest BCUT2D eigenvalue weighted by Gasteiger charge is -1.95. The third-order valence-electron chi connectivity index (χ3n) is 0.708. The number of aliphatic hydroxyl groups is 1. The Morgan fingerprint density at radius 1 is 1.71 bits per heavy atom. The zero-order chi connectivity index (χ0) is 5.11. The van der Waals surface area contributed by atoms with Gasteiger partial charge in [0.15, 0.2) is 0 Å². The Morgan fingerprint density at radius 3 is 2.86 bits per heavy atom. The van der Waals surface area contributed by atoms with Gasteiger partial charge in [-0.05, 0) is 5.41 Å². The van der Waals surface area contributed by atoms with Crippen molar-refractivity contribution in [3.63, 3.8) is 0 Å². The number of hydrogen-bond acceptors (Lipinski definition) is 3. The van der Waals surface area contributed by atoms with Gasteiger partial charge in [-0.1, -0.05) is 27.7 Å². The smallest absolute Gasteiger partial charge is 0.0594 e. The van der Waals surface area contributed by atoms with E-state index in [0.29, 0.717) is 5.25 Å². The first-order valence-corrected chi connectivity index (χ1v) is 4.31. The Balaban J connectivity index is 2.28. The third kappa shape index (κ3) is 1.40. The van der Waals surface area contributed by atoms with Gasteiger partial charge in [0.2, 0.25) is 0 Å². The van der Waals surface area contributed by atoms with Crippen molar-refractivity contribution in [3.05, 3.63) is 11.5 Å². The molecule has 0 aromatic rings. The molecule has 1 N–H and O–H groups in total. The van der Waals surface area contributed by atoms with Crippen molar-refractivity contribution in [2.75, 3.05) is 6.61 Å². The highest BCUT2D eigenvalue weighted by Crippen LogP contribution is 2.34. The summed E-state index contributed by atoms with van der Waals surface area (Å²) in [7, 11) is 3.38. The first kappa shape index (κ1) is 5.54. The van der Waals surface area contributed by atoms with Crippen molar-refractivity contribution >= 4 is 21.6 Å². The van der Waals surface area contributed by atoms with E-state index in [4.69, 9.17) is 5.11 Å². The van der Waals surface area contributed by atoms with Crippen LogP contribution in [-0.2, 0) is 0 Å². The second-order valence-electron chi connectivity index (χ2n) is 1.24. The lowest BCUT2D eigenvalue weighted by Crippen LogP contribution is -1.98. The molecule has 7 heavy (non-hydrogen) atoms. The number of aliphatic hydroxyl groups excluding tert-OH is 1. The molecule has 0 spiro atoms. The van der Waals surface area contributed by atoms with Crippen LogP contribution in [0.25, 0.3) is 0 Å². The fraction of sp³-hybridized carbons (Fsp3) is 0.500. The van der Waals surface area contributed by atoms with E-state index in [9.17, 15) is 0 Å². The number of rotatable bonds is 1. The summed E-state index contributed by atoms with van der Waals surface area (Å²) in [6.07, 6.45) is 2.01. The van der Waals surface area contributed by atoms with Gasteiger partial charge in [0.25, 0.3) is 0 Å². The zero-order valence-electron chi connectivity index (χ0n) is 3.70. The summed E-state index contributed by atoms with van der Waals surface area (Å²) in [4.78, 5) is 0. The summed E-state index contributed by atoms with van der Waals surface area (Å²) in [5.41, 5.74) is 0. The maximum atomic E-state index is 8.48. The molecule has 0 fully saturated rings. The second kappa shape index (κ2) is 2.64. The van der Waals surface area contributed by atoms with Crippen LogP contribution in [0.3, 0.4) is 0 Å². The van der Waals surface area contributed by atoms with Crippen LogP contribution >= 0.6 is 21.6 Å². The van der Waals surface area contributed by atoms with Gasteiger partial charge in [0.05, 0.1) is 11.9 Å². The van der Waals surface area contributed by atoms with Gasteiger partial charge in [-0.2, -0.15) is 0 Å². The van der Waals surface area contributed by atoms with E-state index < -0.39 is 0 Å². The van der Waals surface area contributed by atoms with Gasteiger partial charge in [0.1, 0.15) is 0 Å². The molecule has 0 saturated heterocycles. The van der Waals surface area contributed by atoms with Gasteiger partial charge in [-0.3, -0.25) is 0 Å². The highest BCUT2D eigenvalue weighted by Gasteiger charge is 2.06. The molecule has 1 atom stereocenters. The minimum Gasteiger partial charge on any atom is -0.395 e. The van der Waals surface area contributed by atoms with Crippen molar-refractivity contribution < 1.29 is 5.11 Å². The van der Waals surface area contributed by atoms with E-state index in [1.54, 1.807) is 21.6 Å². The van der Waals surface area contributed by atoms with Crippen LogP contribution in [0.2, 0.25) is 0 Å². The molecule has 1 nitrogen and oxygen atoms in total. The lowest BCUT2D eigenvalue weighted by molar-refractivity contribution is 0.307. The molecule has 1 rings (SSSR count). The van der Waals surface area contributed by atoms with E-state index in [2.05, 4.69) is 0 Å². The Morgan fingerprint density at radius 2 is 2.57 bits per heavy atom. The van der Waals surface area contributed by atoms with Crippen molar-refractivity contribution in [2.24, 2.45) is 0 Å². The Bertz CT molecular complexity index is 81.8. The summed E-state index contributed by atoms with van der Waals surface area (Å²) < 4.78 is 0. The molecule has 1 aliphatic heterocycles. The summed E-state index contributed by atoms with van der Waals surface area (Å²) in [6.45, 7) is 0.272. The third-order valence-corrected chi connectivity index (χ3v) is 3.05. The van der Waals surface area contributed by atoms with E-state index in [1.807, 2.05) is 11.5 Å². The molecule has 0 bridgehead atoms. The van der Waals surface area contributed by atoms with Crippen LogP contribution in [0.1, 0.15) is 0 Å². The Hall–Kier alpha value is 0.400. The molecule has 0 saturated carbocycles. The van der Waals surface area contributed by atoms with Gasteiger partial charge in [0, 0.05) is 0 Å².